The summed E-state index contributed by atoms with van der Waals surface area (Å²) in [4.78, 5) is 8.11. The van der Waals surface area contributed by atoms with E-state index in [-0.39, 0.29) is 0 Å². The largest absolute Gasteiger partial charge is 0.353 e. The standard InChI is InChI=1S/C26H27N5/c1-3-22-21(15-17(2)18-10-13-27-14-11-18)26(31-30-22)25-16-20-19(7-6-9-24(20)29-25)23-8-4-5-12-28-23/h3-9,12,15-16,18,27,29-30H,2,10-11,13-14H2,1H3/b21-15+,22-3+. The first-order valence-corrected chi connectivity index (χ1v) is 10.9. The van der Waals surface area contributed by atoms with Crippen LogP contribution in [-0.4, -0.2) is 33.3 Å². The fourth-order valence-corrected chi connectivity index (χ4v) is 4.46. The average Bonchev–Trinajstić information content (AvgIpc) is 3.43. The van der Waals surface area contributed by atoms with Crippen molar-refractivity contribution in [3.8, 4) is 22.6 Å². The van der Waals surface area contributed by atoms with Gasteiger partial charge in [-0.2, -0.15) is 5.10 Å². The van der Waals surface area contributed by atoms with Gasteiger partial charge in [-0.3, -0.25) is 10.1 Å². The topological polar surface area (TPSA) is 69.4 Å². The van der Waals surface area contributed by atoms with Gasteiger partial charge in [0.1, 0.15) is 5.69 Å². The number of rotatable bonds is 4. The predicted molar refractivity (Wildman–Crippen MR) is 128 cm³/mol. The lowest BCUT2D eigenvalue weighted by atomic mass is 9.90. The van der Waals surface area contributed by atoms with Crippen molar-refractivity contribution >= 4 is 23.1 Å². The number of nitrogens with one attached hydrogen (secondary N) is 3. The van der Waals surface area contributed by atoms with Gasteiger partial charge in [-0.25, -0.2) is 0 Å². The minimum atomic E-state index is 0.521. The number of fused-ring (bicyclic) bond motifs is 1. The monoisotopic (exact) mass is 409 g/mol. The fourth-order valence-electron chi connectivity index (χ4n) is 4.46. The van der Waals surface area contributed by atoms with Crippen molar-refractivity contribution in [3.63, 3.8) is 0 Å². The number of pyridine rings is 1. The lowest BCUT2D eigenvalue weighted by Crippen LogP contribution is -2.29. The molecule has 4 heterocycles. The predicted octanol–water partition coefficient (Wildman–Crippen LogP) is 3.76. The number of H-pyrrole nitrogens is 2. The molecule has 0 aliphatic carbocycles. The highest BCUT2D eigenvalue weighted by molar-refractivity contribution is 5.97. The lowest BCUT2D eigenvalue weighted by molar-refractivity contribution is 0.428. The molecule has 0 radical (unpaired) electrons. The number of nitrogens with zero attached hydrogens (tertiary/aromatic N) is 2. The van der Waals surface area contributed by atoms with Crippen molar-refractivity contribution in [2.24, 2.45) is 5.92 Å². The van der Waals surface area contributed by atoms with Crippen LogP contribution in [0.25, 0.3) is 45.7 Å². The van der Waals surface area contributed by atoms with Gasteiger partial charge in [0.25, 0.3) is 0 Å². The second-order valence-corrected chi connectivity index (χ2v) is 8.10. The van der Waals surface area contributed by atoms with E-state index in [2.05, 4.69) is 68.5 Å². The van der Waals surface area contributed by atoms with Crippen LogP contribution in [0.5, 0.6) is 0 Å². The minimum absolute atomic E-state index is 0.521. The molecule has 0 amide bonds. The first kappa shape index (κ1) is 19.5. The van der Waals surface area contributed by atoms with Crippen LogP contribution in [0, 0.1) is 5.92 Å². The number of piperidine rings is 1. The Labute approximate surface area is 181 Å². The first-order chi connectivity index (χ1) is 15.2. The molecule has 0 saturated carbocycles. The Morgan fingerprint density at radius 1 is 1.13 bits per heavy atom. The molecule has 0 unspecified atom stereocenters. The quantitative estimate of drug-likeness (QED) is 0.481. The van der Waals surface area contributed by atoms with Crippen molar-refractivity contribution < 1.29 is 0 Å². The Bertz CT molecular complexity index is 1340. The van der Waals surface area contributed by atoms with Gasteiger partial charge in [0, 0.05) is 27.9 Å². The van der Waals surface area contributed by atoms with E-state index in [9.17, 15) is 0 Å². The van der Waals surface area contributed by atoms with Crippen LogP contribution in [0.3, 0.4) is 0 Å². The molecule has 1 fully saturated rings. The smallest absolute Gasteiger partial charge is 0.116 e. The van der Waals surface area contributed by atoms with Gasteiger partial charge < -0.3 is 10.3 Å². The van der Waals surface area contributed by atoms with Crippen molar-refractivity contribution in [1.29, 1.82) is 0 Å². The fraction of sp³-hybridized carbons (Fsp3) is 0.231. The van der Waals surface area contributed by atoms with E-state index in [1.807, 2.05) is 31.3 Å². The highest BCUT2D eigenvalue weighted by Gasteiger charge is 2.16. The number of hydrogen-bond donors (Lipinski definition) is 3. The van der Waals surface area contributed by atoms with E-state index in [0.717, 1.165) is 70.0 Å². The van der Waals surface area contributed by atoms with Crippen LogP contribution in [0.1, 0.15) is 19.8 Å². The zero-order valence-electron chi connectivity index (χ0n) is 17.8. The van der Waals surface area contributed by atoms with Crippen molar-refractivity contribution in [3.05, 3.63) is 71.4 Å². The van der Waals surface area contributed by atoms with Crippen LogP contribution in [0.2, 0.25) is 0 Å². The molecule has 1 aromatic carbocycles. The molecule has 3 aromatic heterocycles. The van der Waals surface area contributed by atoms with Crippen molar-refractivity contribution in [2.75, 3.05) is 13.1 Å². The number of aromatic nitrogens is 4. The molecule has 0 spiro atoms. The normalized spacial score (nSPS) is 16.3. The Hall–Kier alpha value is -3.44. The summed E-state index contributed by atoms with van der Waals surface area (Å²) in [5, 5.41) is 14.6. The summed E-state index contributed by atoms with van der Waals surface area (Å²) in [6.45, 7) is 8.55. The molecule has 4 aromatic rings. The van der Waals surface area contributed by atoms with Gasteiger partial charge >= 0.3 is 0 Å². The number of aromatic amines is 2. The third kappa shape index (κ3) is 3.73. The number of hydrogen-bond acceptors (Lipinski definition) is 3. The first-order valence-electron chi connectivity index (χ1n) is 10.9. The van der Waals surface area contributed by atoms with Gasteiger partial charge in [0.2, 0.25) is 0 Å². The molecule has 5 heteroatoms. The van der Waals surface area contributed by atoms with Crippen LogP contribution < -0.4 is 15.9 Å². The average molecular weight is 410 g/mol. The van der Waals surface area contributed by atoms with Gasteiger partial charge in [-0.1, -0.05) is 36.4 Å². The second kappa shape index (κ2) is 8.36. The summed E-state index contributed by atoms with van der Waals surface area (Å²) in [7, 11) is 0. The third-order valence-electron chi connectivity index (χ3n) is 6.18. The Balaban J connectivity index is 1.62. The summed E-state index contributed by atoms with van der Waals surface area (Å²) in [5.41, 5.74) is 6.25. The molecule has 1 aliphatic heterocycles. The Kier molecular flexibility index (Phi) is 5.26. The summed E-state index contributed by atoms with van der Waals surface area (Å²) in [6.07, 6.45) is 8.38. The summed E-state index contributed by atoms with van der Waals surface area (Å²) in [5.74, 6) is 0.521. The van der Waals surface area contributed by atoms with Gasteiger partial charge in [0.05, 0.1) is 16.7 Å². The molecule has 1 saturated heterocycles. The van der Waals surface area contributed by atoms with Gasteiger partial charge in [-0.15, -0.1) is 0 Å². The Morgan fingerprint density at radius 2 is 2.00 bits per heavy atom. The molecule has 156 valence electrons. The summed E-state index contributed by atoms with van der Waals surface area (Å²) >= 11 is 0. The maximum absolute atomic E-state index is 4.67. The van der Waals surface area contributed by atoms with E-state index in [1.54, 1.807) is 0 Å². The molecule has 31 heavy (non-hydrogen) atoms. The summed E-state index contributed by atoms with van der Waals surface area (Å²) < 4.78 is 0. The number of allylic oxidation sites excluding steroid dienone is 1. The van der Waals surface area contributed by atoms with Crippen LogP contribution >= 0.6 is 0 Å². The van der Waals surface area contributed by atoms with Crippen LogP contribution in [-0.2, 0) is 0 Å². The molecular weight excluding hydrogens is 382 g/mol. The zero-order valence-corrected chi connectivity index (χ0v) is 17.8. The van der Waals surface area contributed by atoms with Gasteiger partial charge in [-0.05, 0) is 69.1 Å². The Morgan fingerprint density at radius 3 is 2.77 bits per heavy atom. The van der Waals surface area contributed by atoms with E-state index < -0.39 is 0 Å². The molecular formula is C26H27N5. The summed E-state index contributed by atoms with van der Waals surface area (Å²) in [6, 6.07) is 14.5. The highest BCUT2D eigenvalue weighted by Crippen LogP contribution is 2.30. The van der Waals surface area contributed by atoms with Gasteiger partial charge in [0.15, 0.2) is 0 Å². The lowest BCUT2D eigenvalue weighted by Gasteiger charge is -2.22. The van der Waals surface area contributed by atoms with E-state index >= 15 is 0 Å². The van der Waals surface area contributed by atoms with Crippen molar-refractivity contribution in [1.82, 2.24) is 25.5 Å². The van der Waals surface area contributed by atoms with E-state index in [4.69, 9.17) is 0 Å². The SMILES string of the molecule is C=C(/C=c1/c(-c2cc3c(-c4ccccn4)cccc3[nH]2)n[nH]/c1=C/C)C1CCNCC1. The van der Waals surface area contributed by atoms with Crippen LogP contribution in [0.15, 0.2) is 60.8 Å². The molecule has 3 N–H and O–H groups in total. The molecule has 5 nitrogen and oxygen atoms in total. The van der Waals surface area contributed by atoms with Crippen LogP contribution in [0.4, 0.5) is 0 Å². The molecule has 1 aliphatic rings. The number of benzene rings is 1. The van der Waals surface area contributed by atoms with Crippen molar-refractivity contribution in [2.45, 2.75) is 19.8 Å². The molecule has 5 rings (SSSR count). The third-order valence-corrected chi connectivity index (χ3v) is 6.18. The van der Waals surface area contributed by atoms with E-state index in [1.165, 1.54) is 5.57 Å². The molecule has 0 bridgehead atoms. The molecule has 0 atom stereocenters. The highest BCUT2D eigenvalue weighted by atomic mass is 15.1. The zero-order chi connectivity index (χ0) is 21.2. The minimum Gasteiger partial charge on any atom is -0.353 e. The van der Waals surface area contributed by atoms with E-state index in [0.29, 0.717) is 5.92 Å². The maximum atomic E-state index is 4.67. The maximum Gasteiger partial charge on any atom is 0.116 e. The second-order valence-electron chi connectivity index (χ2n) is 8.10.